The molecule has 3 aromatic rings. The third-order valence-corrected chi connectivity index (χ3v) is 4.49. The highest BCUT2D eigenvalue weighted by molar-refractivity contribution is 6.07. The first-order valence-corrected chi connectivity index (χ1v) is 8.88. The highest BCUT2D eigenvalue weighted by atomic mass is 16.6. The number of hydrogen-bond donors (Lipinski definition) is 3. The number of carbonyl (C=O) groups is 2. The van der Waals surface area contributed by atoms with Crippen LogP contribution in [0.3, 0.4) is 0 Å². The molecular formula is C20H20N4O4. The predicted molar refractivity (Wildman–Crippen MR) is 103 cm³/mol. The van der Waals surface area contributed by atoms with Crippen LogP contribution in [-0.4, -0.2) is 29.7 Å². The Kier molecular flexibility index (Phi) is 4.76. The van der Waals surface area contributed by atoms with Gasteiger partial charge in [0.05, 0.1) is 5.56 Å². The van der Waals surface area contributed by atoms with E-state index in [1.54, 1.807) is 6.20 Å². The van der Waals surface area contributed by atoms with Gasteiger partial charge < -0.3 is 19.4 Å². The Labute approximate surface area is 161 Å². The third-order valence-electron chi connectivity index (χ3n) is 4.49. The van der Waals surface area contributed by atoms with Gasteiger partial charge in [-0.1, -0.05) is 24.3 Å². The molecule has 0 aliphatic carbocycles. The van der Waals surface area contributed by atoms with E-state index in [1.807, 2.05) is 54.1 Å². The maximum atomic E-state index is 12.4. The number of benzene rings is 2. The van der Waals surface area contributed by atoms with E-state index in [0.29, 0.717) is 30.3 Å². The van der Waals surface area contributed by atoms with Gasteiger partial charge in [0, 0.05) is 30.7 Å². The fourth-order valence-electron chi connectivity index (χ4n) is 3.13. The highest BCUT2D eigenvalue weighted by Crippen LogP contribution is 2.30. The molecule has 144 valence electrons. The second-order valence-corrected chi connectivity index (χ2v) is 6.41. The third kappa shape index (κ3) is 3.57. The van der Waals surface area contributed by atoms with Gasteiger partial charge in [0.2, 0.25) is 0 Å². The van der Waals surface area contributed by atoms with Crippen LogP contribution in [0.2, 0.25) is 0 Å². The Balaban J connectivity index is 1.32. The molecule has 8 nitrogen and oxygen atoms in total. The average molecular weight is 380 g/mol. The predicted octanol–water partition coefficient (Wildman–Crippen LogP) is 2.09. The fourth-order valence-corrected chi connectivity index (χ4v) is 3.13. The van der Waals surface area contributed by atoms with Crippen LogP contribution < -0.4 is 25.6 Å². The number of fused-ring (bicyclic) bond motifs is 2. The molecule has 2 heterocycles. The molecule has 0 unspecified atom stereocenters. The number of rotatable bonds is 3. The number of carbonyl (C=O) groups excluding carboxylic acids is 2. The molecule has 8 heteroatoms. The Morgan fingerprint density at radius 2 is 1.82 bits per heavy atom. The molecule has 1 aliphatic heterocycles. The van der Waals surface area contributed by atoms with Crippen LogP contribution in [0.5, 0.6) is 11.5 Å². The number of amides is 3. The Hall–Kier alpha value is -3.68. The van der Waals surface area contributed by atoms with E-state index in [2.05, 4.69) is 16.2 Å². The van der Waals surface area contributed by atoms with Crippen molar-refractivity contribution in [3.63, 3.8) is 0 Å². The van der Waals surface area contributed by atoms with Gasteiger partial charge in [-0.15, -0.1) is 0 Å². The number of urea groups is 1. The lowest BCUT2D eigenvalue weighted by atomic mass is 10.2. The molecule has 2 aromatic carbocycles. The van der Waals surface area contributed by atoms with Crippen molar-refractivity contribution in [2.45, 2.75) is 6.54 Å². The van der Waals surface area contributed by atoms with Crippen molar-refractivity contribution in [2.75, 3.05) is 13.2 Å². The van der Waals surface area contributed by atoms with E-state index >= 15 is 0 Å². The van der Waals surface area contributed by atoms with Crippen molar-refractivity contribution in [2.24, 2.45) is 7.05 Å². The molecule has 1 aliphatic rings. The molecule has 4 rings (SSSR count). The molecular weight excluding hydrogens is 360 g/mol. The molecule has 0 radical (unpaired) electrons. The van der Waals surface area contributed by atoms with Gasteiger partial charge in [-0.05, 0) is 23.8 Å². The molecule has 3 N–H and O–H groups in total. The summed E-state index contributed by atoms with van der Waals surface area (Å²) in [5.41, 5.74) is 7.10. The normalized spacial score (nSPS) is 12.5. The second kappa shape index (κ2) is 7.51. The van der Waals surface area contributed by atoms with Crippen LogP contribution in [0.15, 0.2) is 48.7 Å². The number of aromatic nitrogens is 1. The second-order valence-electron chi connectivity index (χ2n) is 6.41. The summed E-state index contributed by atoms with van der Waals surface area (Å²) in [5.74, 6) is 0.975. The Morgan fingerprint density at radius 3 is 2.68 bits per heavy atom. The number of hydrazine groups is 1. The van der Waals surface area contributed by atoms with E-state index in [0.717, 1.165) is 16.5 Å². The smallest absolute Gasteiger partial charge is 0.333 e. The summed E-state index contributed by atoms with van der Waals surface area (Å²) in [5, 5.41) is 3.51. The van der Waals surface area contributed by atoms with Gasteiger partial charge in [0.15, 0.2) is 11.5 Å². The molecule has 1 aromatic heterocycles. The molecule has 0 atom stereocenters. The maximum Gasteiger partial charge on any atom is 0.333 e. The zero-order chi connectivity index (χ0) is 19.5. The first-order chi connectivity index (χ1) is 13.6. The quantitative estimate of drug-likeness (QED) is 0.607. The number of aryl methyl sites for hydroxylation is 1. The van der Waals surface area contributed by atoms with Gasteiger partial charge in [-0.3, -0.25) is 10.2 Å². The minimum Gasteiger partial charge on any atom is -0.486 e. The van der Waals surface area contributed by atoms with Gasteiger partial charge in [0.1, 0.15) is 13.2 Å². The maximum absolute atomic E-state index is 12.4. The molecule has 3 amide bonds. The lowest BCUT2D eigenvalue weighted by molar-refractivity contribution is 0.0937. The van der Waals surface area contributed by atoms with Crippen LogP contribution in [-0.2, 0) is 13.6 Å². The van der Waals surface area contributed by atoms with Crippen molar-refractivity contribution in [1.29, 1.82) is 0 Å². The number of hydrogen-bond acceptors (Lipinski definition) is 4. The van der Waals surface area contributed by atoms with Crippen molar-refractivity contribution >= 4 is 22.8 Å². The first-order valence-electron chi connectivity index (χ1n) is 8.88. The summed E-state index contributed by atoms with van der Waals surface area (Å²) < 4.78 is 12.9. The SMILES string of the molecule is Cn1cc(C(=O)NNC(=O)NCc2ccc3c(c2)OCCO3)c2ccccc21. The standard InChI is InChI=1S/C20H20N4O4/c1-24-12-15(14-4-2-3-5-16(14)24)19(25)22-23-20(26)21-11-13-6-7-17-18(10-13)28-9-8-27-17/h2-7,10,12H,8-9,11H2,1H3,(H,22,25)(H2,21,23,26). The van der Waals surface area contributed by atoms with Crippen molar-refractivity contribution in [3.8, 4) is 11.5 Å². The summed E-state index contributed by atoms with van der Waals surface area (Å²) in [6.45, 7) is 1.32. The monoisotopic (exact) mass is 380 g/mol. The van der Waals surface area contributed by atoms with Crippen LogP contribution in [0.4, 0.5) is 4.79 Å². The van der Waals surface area contributed by atoms with E-state index in [4.69, 9.17) is 9.47 Å². The minimum absolute atomic E-state index is 0.284. The molecule has 28 heavy (non-hydrogen) atoms. The lowest BCUT2D eigenvalue weighted by Crippen LogP contribution is -2.46. The molecule has 0 saturated heterocycles. The zero-order valence-corrected chi connectivity index (χ0v) is 15.3. The zero-order valence-electron chi connectivity index (χ0n) is 15.3. The summed E-state index contributed by atoms with van der Waals surface area (Å²) >= 11 is 0. The highest BCUT2D eigenvalue weighted by Gasteiger charge is 2.15. The summed E-state index contributed by atoms with van der Waals surface area (Å²) in [6, 6.07) is 12.5. The molecule has 0 spiro atoms. The van der Waals surface area contributed by atoms with Gasteiger partial charge >= 0.3 is 6.03 Å². The molecule has 0 fully saturated rings. The topological polar surface area (TPSA) is 93.6 Å². The van der Waals surface area contributed by atoms with Crippen LogP contribution in [0, 0.1) is 0 Å². The number of nitrogens with zero attached hydrogens (tertiary/aromatic N) is 1. The van der Waals surface area contributed by atoms with E-state index in [9.17, 15) is 9.59 Å². The Bertz CT molecular complexity index is 1040. The largest absolute Gasteiger partial charge is 0.486 e. The summed E-state index contributed by atoms with van der Waals surface area (Å²) in [7, 11) is 1.87. The van der Waals surface area contributed by atoms with Crippen molar-refractivity contribution in [3.05, 3.63) is 59.8 Å². The van der Waals surface area contributed by atoms with Gasteiger partial charge in [0.25, 0.3) is 5.91 Å². The van der Waals surface area contributed by atoms with Crippen LogP contribution in [0.1, 0.15) is 15.9 Å². The van der Waals surface area contributed by atoms with Gasteiger partial charge in [-0.2, -0.15) is 0 Å². The minimum atomic E-state index is -0.511. The van der Waals surface area contributed by atoms with Crippen LogP contribution >= 0.6 is 0 Å². The average Bonchev–Trinajstić information content (AvgIpc) is 3.07. The number of nitrogens with one attached hydrogen (secondary N) is 3. The Morgan fingerprint density at radius 1 is 1.04 bits per heavy atom. The first kappa shape index (κ1) is 17.7. The van der Waals surface area contributed by atoms with Crippen molar-refractivity contribution in [1.82, 2.24) is 20.7 Å². The van der Waals surface area contributed by atoms with Crippen molar-refractivity contribution < 1.29 is 19.1 Å². The summed E-state index contributed by atoms with van der Waals surface area (Å²) in [4.78, 5) is 24.4. The summed E-state index contributed by atoms with van der Waals surface area (Å²) in [6.07, 6.45) is 1.73. The lowest BCUT2D eigenvalue weighted by Gasteiger charge is -2.19. The van der Waals surface area contributed by atoms with Crippen LogP contribution in [0.25, 0.3) is 10.9 Å². The molecule has 0 saturated carbocycles. The van der Waals surface area contributed by atoms with E-state index < -0.39 is 6.03 Å². The number of para-hydroxylation sites is 1. The fraction of sp³-hybridized carbons (Fsp3) is 0.200. The van der Waals surface area contributed by atoms with Gasteiger partial charge in [-0.25, -0.2) is 10.2 Å². The number of ether oxygens (including phenoxy) is 2. The van der Waals surface area contributed by atoms with E-state index in [-0.39, 0.29) is 12.5 Å². The van der Waals surface area contributed by atoms with E-state index in [1.165, 1.54) is 0 Å². The molecule has 0 bridgehead atoms.